The van der Waals surface area contributed by atoms with E-state index >= 15 is 0 Å². The van der Waals surface area contributed by atoms with E-state index in [9.17, 15) is 14.7 Å². The monoisotopic (exact) mass is 230 g/mol. The number of Topliss-reactive ketones (excluding diaryl/α,β-unsaturated/α-hetero) is 2. The largest absolute Gasteiger partial charge is 0.512 e. The summed E-state index contributed by atoms with van der Waals surface area (Å²) in [4.78, 5) is 23.5. The molecule has 0 saturated heterocycles. The van der Waals surface area contributed by atoms with Crippen LogP contribution in [0, 0.1) is 0 Å². The van der Waals surface area contributed by atoms with Crippen molar-refractivity contribution in [3.05, 3.63) is 47.2 Å². The van der Waals surface area contributed by atoms with Gasteiger partial charge in [0.2, 0.25) is 0 Å². The van der Waals surface area contributed by atoms with Gasteiger partial charge in [0.15, 0.2) is 11.6 Å². The van der Waals surface area contributed by atoms with Gasteiger partial charge >= 0.3 is 0 Å². The minimum absolute atomic E-state index is 0.00861. The maximum atomic E-state index is 11.9. The van der Waals surface area contributed by atoms with Crippen molar-refractivity contribution >= 4 is 11.6 Å². The van der Waals surface area contributed by atoms with Crippen LogP contribution in [-0.2, 0) is 4.79 Å². The number of ketones is 2. The zero-order chi connectivity index (χ0) is 12.3. The van der Waals surface area contributed by atoms with Gasteiger partial charge in [-0.15, -0.1) is 0 Å². The van der Waals surface area contributed by atoms with Crippen LogP contribution in [-0.4, -0.2) is 16.7 Å². The lowest BCUT2D eigenvalue weighted by atomic mass is 9.91. The van der Waals surface area contributed by atoms with E-state index in [0.29, 0.717) is 30.4 Å². The van der Waals surface area contributed by atoms with Gasteiger partial charge in [-0.3, -0.25) is 9.59 Å². The van der Waals surface area contributed by atoms with E-state index in [0.717, 1.165) is 0 Å². The molecule has 3 nitrogen and oxygen atoms in total. The highest BCUT2D eigenvalue weighted by atomic mass is 16.3. The molecule has 2 rings (SSSR count). The van der Waals surface area contributed by atoms with Crippen LogP contribution in [0.3, 0.4) is 0 Å². The van der Waals surface area contributed by atoms with Gasteiger partial charge in [0.1, 0.15) is 0 Å². The zero-order valence-corrected chi connectivity index (χ0v) is 9.48. The molecule has 0 atom stereocenters. The normalized spacial score (nSPS) is 16.1. The second-order valence-electron chi connectivity index (χ2n) is 4.17. The third-order valence-electron chi connectivity index (χ3n) is 2.94. The topological polar surface area (TPSA) is 54.4 Å². The fourth-order valence-corrected chi connectivity index (χ4v) is 1.97. The molecule has 0 aliphatic heterocycles. The molecule has 1 aliphatic carbocycles. The number of benzene rings is 1. The van der Waals surface area contributed by atoms with Crippen molar-refractivity contribution in [2.75, 3.05) is 0 Å². The summed E-state index contributed by atoms with van der Waals surface area (Å²) < 4.78 is 0. The van der Waals surface area contributed by atoms with Gasteiger partial charge in [0.25, 0.3) is 0 Å². The van der Waals surface area contributed by atoms with Gasteiger partial charge in [-0.1, -0.05) is 30.3 Å². The van der Waals surface area contributed by atoms with E-state index in [4.69, 9.17) is 0 Å². The highest BCUT2D eigenvalue weighted by molar-refractivity contribution is 6.06. The molecule has 17 heavy (non-hydrogen) atoms. The van der Waals surface area contributed by atoms with E-state index in [2.05, 4.69) is 0 Å². The molecule has 0 amide bonds. The molecule has 0 aromatic heterocycles. The molecule has 0 fully saturated rings. The summed E-state index contributed by atoms with van der Waals surface area (Å²) in [6.07, 6.45) is 1.62. The fourth-order valence-electron chi connectivity index (χ4n) is 1.97. The second-order valence-corrected chi connectivity index (χ2v) is 4.17. The minimum atomic E-state index is -0.123. The highest BCUT2D eigenvalue weighted by Crippen LogP contribution is 2.23. The zero-order valence-electron chi connectivity index (χ0n) is 9.48. The molecule has 0 bridgehead atoms. The van der Waals surface area contributed by atoms with Crippen LogP contribution in [0.4, 0.5) is 0 Å². The molecule has 0 spiro atoms. The Morgan fingerprint density at radius 3 is 2.53 bits per heavy atom. The Morgan fingerprint density at radius 2 is 1.88 bits per heavy atom. The first kappa shape index (κ1) is 11.6. The minimum Gasteiger partial charge on any atom is -0.512 e. The number of aliphatic hydroxyl groups is 1. The number of hydrogen-bond donors (Lipinski definition) is 1. The molecule has 0 unspecified atom stereocenters. The van der Waals surface area contributed by atoms with Crippen LogP contribution in [0.2, 0.25) is 0 Å². The van der Waals surface area contributed by atoms with Gasteiger partial charge in [-0.05, 0) is 6.42 Å². The lowest BCUT2D eigenvalue weighted by molar-refractivity contribution is -0.116. The van der Waals surface area contributed by atoms with Gasteiger partial charge in [0, 0.05) is 30.4 Å². The predicted octanol–water partition coefficient (Wildman–Crippen LogP) is 2.82. The molecule has 3 heteroatoms. The molecule has 1 aromatic carbocycles. The Kier molecular flexibility index (Phi) is 3.38. The third-order valence-corrected chi connectivity index (χ3v) is 2.94. The third kappa shape index (κ3) is 2.61. The fraction of sp³-hybridized carbons (Fsp3) is 0.286. The summed E-state index contributed by atoms with van der Waals surface area (Å²) in [6.45, 7) is 0. The number of carbonyl (C=O) groups excluding carboxylic acids is 2. The summed E-state index contributed by atoms with van der Waals surface area (Å²) >= 11 is 0. The molecular weight excluding hydrogens is 216 g/mol. The van der Waals surface area contributed by atoms with E-state index in [1.807, 2.05) is 6.07 Å². The summed E-state index contributed by atoms with van der Waals surface area (Å²) in [5.74, 6) is -0.133. The smallest absolute Gasteiger partial charge is 0.167 e. The van der Waals surface area contributed by atoms with Crippen LogP contribution >= 0.6 is 0 Å². The van der Waals surface area contributed by atoms with Crippen molar-refractivity contribution in [1.29, 1.82) is 0 Å². The van der Waals surface area contributed by atoms with Crippen molar-refractivity contribution in [3.8, 4) is 0 Å². The Balaban J connectivity index is 2.16. The molecule has 1 aromatic rings. The van der Waals surface area contributed by atoms with E-state index in [-0.39, 0.29) is 23.7 Å². The average Bonchev–Trinajstić information content (AvgIpc) is 2.35. The molecule has 1 N–H and O–H groups in total. The van der Waals surface area contributed by atoms with Crippen molar-refractivity contribution in [3.63, 3.8) is 0 Å². The van der Waals surface area contributed by atoms with E-state index in [1.165, 1.54) is 0 Å². The lowest BCUT2D eigenvalue weighted by Gasteiger charge is -2.14. The van der Waals surface area contributed by atoms with Crippen LogP contribution in [0.5, 0.6) is 0 Å². The van der Waals surface area contributed by atoms with Gasteiger partial charge in [-0.2, -0.15) is 0 Å². The Hall–Kier alpha value is -1.90. The highest BCUT2D eigenvalue weighted by Gasteiger charge is 2.22. The van der Waals surface area contributed by atoms with Gasteiger partial charge < -0.3 is 5.11 Å². The van der Waals surface area contributed by atoms with E-state index < -0.39 is 0 Å². The molecule has 1 aliphatic rings. The summed E-state index contributed by atoms with van der Waals surface area (Å²) in [5.41, 5.74) is 0.872. The van der Waals surface area contributed by atoms with Crippen LogP contribution in [0.25, 0.3) is 0 Å². The van der Waals surface area contributed by atoms with E-state index in [1.54, 1.807) is 24.3 Å². The van der Waals surface area contributed by atoms with Crippen molar-refractivity contribution in [2.45, 2.75) is 25.7 Å². The van der Waals surface area contributed by atoms with Crippen LogP contribution < -0.4 is 0 Å². The molecule has 88 valence electrons. The van der Waals surface area contributed by atoms with Crippen LogP contribution in [0.15, 0.2) is 41.7 Å². The summed E-state index contributed by atoms with van der Waals surface area (Å²) in [6, 6.07) is 8.83. The first-order chi connectivity index (χ1) is 8.18. The van der Waals surface area contributed by atoms with Gasteiger partial charge in [-0.25, -0.2) is 0 Å². The van der Waals surface area contributed by atoms with Gasteiger partial charge in [0.05, 0.1) is 5.76 Å². The molecule has 0 radical (unpaired) electrons. The average molecular weight is 230 g/mol. The Labute approximate surface area is 99.8 Å². The predicted molar refractivity (Wildman–Crippen MR) is 63.9 cm³/mol. The Bertz CT molecular complexity index is 472. The van der Waals surface area contributed by atoms with Crippen molar-refractivity contribution in [1.82, 2.24) is 0 Å². The molecule has 0 saturated carbocycles. The van der Waals surface area contributed by atoms with Crippen molar-refractivity contribution < 1.29 is 14.7 Å². The standard InChI is InChI=1S/C14H14O3/c15-12-7-4-8-13(16)11(12)9-14(17)10-5-2-1-3-6-10/h1-3,5-6,15H,4,7-9H2. The maximum Gasteiger partial charge on any atom is 0.167 e. The summed E-state index contributed by atoms with van der Waals surface area (Å²) in [5, 5.41) is 9.64. The number of allylic oxidation sites excluding steroid dienone is 2. The quantitative estimate of drug-likeness (QED) is 0.812. The number of aliphatic hydroxyl groups excluding tert-OH is 1. The number of carbonyl (C=O) groups is 2. The maximum absolute atomic E-state index is 11.9. The first-order valence-electron chi connectivity index (χ1n) is 5.71. The SMILES string of the molecule is O=C1CCCC(O)=C1CC(=O)c1ccccc1. The van der Waals surface area contributed by atoms with Crippen molar-refractivity contribution in [2.24, 2.45) is 0 Å². The first-order valence-corrected chi connectivity index (χ1v) is 5.71. The van der Waals surface area contributed by atoms with Crippen LogP contribution in [0.1, 0.15) is 36.0 Å². The lowest BCUT2D eigenvalue weighted by Crippen LogP contribution is -2.15. The second kappa shape index (κ2) is 4.95. The Morgan fingerprint density at radius 1 is 1.18 bits per heavy atom. The molecular formula is C14H14O3. The number of rotatable bonds is 3. The summed E-state index contributed by atoms with van der Waals surface area (Å²) in [7, 11) is 0. The number of hydrogen-bond acceptors (Lipinski definition) is 3. The molecule has 0 heterocycles.